The summed E-state index contributed by atoms with van der Waals surface area (Å²) in [5.74, 6) is -0.0961. The van der Waals surface area contributed by atoms with Gasteiger partial charge in [-0.25, -0.2) is 0 Å². The monoisotopic (exact) mass is 411 g/mol. The standard InChI is InChI=1S/C20H14BrNO2S/c1-22(11-13-7-9-18(21)25-13)20(24)12-6-8-15-14-4-2-3-5-16(14)19(23)17(15)10-12/h2-10H,11H2,1H3. The number of rotatable bonds is 3. The Labute approximate surface area is 158 Å². The maximum atomic E-state index is 12.7. The molecular formula is C20H14BrNO2S. The normalized spacial score (nSPS) is 12.0. The van der Waals surface area contributed by atoms with E-state index in [-0.39, 0.29) is 11.7 Å². The second-order valence-electron chi connectivity index (χ2n) is 6.00. The Balaban J connectivity index is 1.62. The highest BCUT2D eigenvalue weighted by atomic mass is 79.9. The van der Waals surface area contributed by atoms with Crippen LogP contribution in [0.2, 0.25) is 0 Å². The number of carbonyl (C=O) groups is 2. The summed E-state index contributed by atoms with van der Waals surface area (Å²) in [6, 6.07) is 16.9. The molecule has 0 saturated heterocycles. The highest BCUT2D eigenvalue weighted by Crippen LogP contribution is 2.36. The fourth-order valence-corrected chi connectivity index (χ4v) is 4.66. The van der Waals surface area contributed by atoms with Gasteiger partial charge in [-0.05, 0) is 51.3 Å². The van der Waals surface area contributed by atoms with E-state index in [9.17, 15) is 9.59 Å². The van der Waals surface area contributed by atoms with Gasteiger partial charge in [0.25, 0.3) is 5.91 Å². The maximum Gasteiger partial charge on any atom is 0.253 e. The Bertz CT molecular complexity index is 1010. The lowest BCUT2D eigenvalue weighted by molar-refractivity contribution is 0.0786. The Morgan fingerprint density at radius 1 is 1.00 bits per heavy atom. The largest absolute Gasteiger partial charge is 0.337 e. The lowest BCUT2D eigenvalue weighted by Gasteiger charge is -2.16. The molecule has 0 fully saturated rings. The van der Waals surface area contributed by atoms with Gasteiger partial charge >= 0.3 is 0 Å². The Kier molecular flexibility index (Phi) is 4.06. The molecule has 0 aliphatic heterocycles. The van der Waals surface area contributed by atoms with Crippen molar-refractivity contribution in [2.75, 3.05) is 7.05 Å². The topological polar surface area (TPSA) is 37.4 Å². The minimum absolute atomic E-state index is 0.00918. The van der Waals surface area contributed by atoms with Gasteiger partial charge in [0.15, 0.2) is 5.78 Å². The first-order valence-electron chi connectivity index (χ1n) is 7.82. The third kappa shape index (κ3) is 2.83. The molecule has 124 valence electrons. The van der Waals surface area contributed by atoms with Crippen LogP contribution in [-0.2, 0) is 6.54 Å². The quantitative estimate of drug-likeness (QED) is 0.475. The Hall–Kier alpha value is -2.24. The SMILES string of the molecule is CN(Cc1ccc(Br)s1)C(=O)c1ccc2c(c1)C(=O)c1ccccc1-2. The third-order valence-corrected chi connectivity index (χ3v) is 5.95. The van der Waals surface area contributed by atoms with Crippen molar-refractivity contribution in [3.8, 4) is 11.1 Å². The number of thiophene rings is 1. The number of carbonyl (C=O) groups excluding carboxylic acids is 2. The van der Waals surface area contributed by atoms with E-state index in [1.807, 2.05) is 42.5 Å². The summed E-state index contributed by atoms with van der Waals surface area (Å²) >= 11 is 5.05. The molecule has 0 atom stereocenters. The Morgan fingerprint density at radius 3 is 2.44 bits per heavy atom. The molecule has 3 aromatic rings. The highest BCUT2D eigenvalue weighted by molar-refractivity contribution is 9.11. The van der Waals surface area contributed by atoms with Gasteiger partial charge < -0.3 is 4.90 Å². The van der Waals surface area contributed by atoms with Crippen LogP contribution in [0.3, 0.4) is 0 Å². The molecule has 0 N–H and O–H groups in total. The van der Waals surface area contributed by atoms with Gasteiger partial charge in [-0.1, -0.05) is 30.3 Å². The molecule has 1 amide bonds. The average molecular weight is 412 g/mol. The minimum atomic E-state index is -0.0870. The third-order valence-electron chi connectivity index (χ3n) is 4.34. The predicted molar refractivity (Wildman–Crippen MR) is 103 cm³/mol. The smallest absolute Gasteiger partial charge is 0.253 e. The second-order valence-corrected chi connectivity index (χ2v) is 8.55. The molecule has 5 heteroatoms. The second kappa shape index (κ2) is 6.24. The summed E-state index contributed by atoms with van der Waals surface area (Å²) < 4.78 is 1.05. The van der Waals surface area contributed by atoms with Crippen LogP contribution >= 0.6 is 27.3 Å². The molecule has 3 nitrogen and oxygen atoms in total. The van der Waals surface area contributed by atoms with Crippen LogP contribution in [0.1, 0.15) is 31.2 Å². The van der Waals surface area contributed by atoms with Gasteiger partial charge in [-0.3, -0.25) is 9.59 Å². The molecule has 25 heavy (non-hydrogen) atoms. The van der Waals surface area contributed by atoms with Crippen molar-refractivity contribution >= 4 is 39.0 Å². The van der Waals surface area contributed by atoms with Crippen LogP contribution in [0.5, 0.6) is 0 Å². The summed E-state index contributed by atoms with van der Waals surface area (Å²) in [4.78, 5) is 28.1. The van der Waals surface area contributed by atoms with Gasteiger partial charge in [-0.2, -0.15) is 0 Å². The number of nitrogens with zero attached hydrogens (tertiary/aromatic N) is 1. The zero-order valence-corrected chi connectivity index (χ0v) is 15.9. The van der Waals surface area contributed by atoms with E-state index in [1.165, 1.54) is 0 Å². The fraction of sp³-hybridized carbons (Fsp3) is 0.100. The van der Waals surface area contributed by atoms with Crippen LogP contribution in [0.25, 0.3) is 11.1 Å². The van der Waals surface area contributed by atoms with E-state index in [2.05, 4.69) is 15.9 Å². The summed E-state index contributed by atoms with van der Waals surface area (Å²) in [6.07, 6.45) is 0. The van der Waals surface area contributed by atoms with E-state index in [1.54, 1.807) is 35.4 Å². The first-order chi connectivity index (χ1) is 12.0. The molecule has 1 aromatic heterocycles. The molecule has 2 aromatic carbocycles. The summed E-state index contributed by atoms with van der Waals surface area (Å²) in [5, 5.41) is 0. The molecule has 4 rings (SSSR count). The van der Waals surface area contributed by atoms with Crippen molar-refractivity contribution in [1.29, 1.82) is 0 Å². The molecule has 0 bridgehead atoms. The van der Waals surface area contributed by atoms with E-state index < -0.39 is 0 Å². The van der Waals surface area contributed by atoms with Crippen molar-refractivity contribution < 1.29 is 9.59 Å². The lowest BCUT2D eigenvalue weighted by atomic mass is 10.0. The van der Waals surface area contributed by atoms with E-state index in [4.69, 9.17) is 0 Å². The van der Waals surface area contributed by atoms with Crippen molar-refractivity contribution in [3.05, 3.63) is 80.0 Å². The number of halogens is 1. The molecule has 0 saturated carbocycles. The van der Waals surface area contributed by atoms with Crippen molar-refractivity contribution in [1.82, 2.24) is 4.90 Å². The summed E-state index contributed by atoms with van der Waals surface area (Å²) in [5.41, 5.74) is 3.71. The number of hydrogen-bond acceptors (Lipinski definition) is 3. The lowest BCUT2D eigenvalue weighted by Crippen LogP contribution is -2.26. The summed E-state index contributed by atoms with van der Waals surface area (Å²) in [7, 11) is 1.78. The highest BCUT2D eigenvalue weighted by Gasteiger charge is 2.27. The number of benzene rings is 2. The van der Waals surface area contributed by atoms with Crippen molar-refractivity contribution in [3.63, 3.8) is 0 Å². The number of ketones is 1. The number of fused-ring (bicyclic) bond motifs is 3. The van der Waals surface area contributed by atoms with E-state index in [0.717, 1.165) is 19.8 Å². The molecule has 0 radical (unpaired) electrons. The first-order valence-corrected chi connectivity index (χ1v) is 9.43. The van der Waals surface area contributed by atoms with Gasteiger partial charge in [0, 0.05) is 28.6 Å². The van der Waals surface area contributed by atoms with Gasteiger partial charge in [-0.15, -0.1) is 11.3 Å². The maximum absolute atomic E-state index is 12.7. The first kappa shape index (κ1) is 16.2. The van der Waals surface area contributed by atoms with Crippen molar-refractivity contribution in [2.24, 2.45) is 0 Å². The zero-order valence-electron chi connectivity index (χ0n) is 13.5. The predicted octanol–water partition coefficient (Wildman–Crippen LogP) is 4.99. The molecule has 0 unspecified atom stereocenters. The van der Waals surface area contributed by atoms with Crippen LogP contribution in [0.4, 0.5) is 0 Å². The molecule has 1 heterocycles. The summed E-state index contributed by atoms with van der Waals surface area (Å²) in [6.45, 7) is 0.542. The van der Waals surface area contributed by atoms with E-state index in [0.29, 0.717) is 23.2 Å². The molecule has 1 aliphatic rings. The van der Waals surface area contributed by atoms with Crippen LogP contribution in [0.15, 0.2) is 58.4 Å². The number of hydrogen-bond donors (Lipinski definition) is 0. The number of amides is 1. The average Bonchev–Trinajstić information content (AvgIpc) is 3.16. The molecule has 1 aliphatic carbocycles. The molecular weight excluding hydrogens is 398 g/mol. The zero-order chi connectivity index (χ0) is 17.6. The minimum Gasteiger partial charge on any atom is -0.337 e. The van der Waals surface area contributed by atoms with Crippen molar-refractivity contribution in [2.45, 2.75) is 6.54 Å². The van der Waals surface area contributed by atoms with Gasteiger partial charge in [0.2, 0.25) is 0 Å². The fourth-order valence-electron chi connectivity index (χ4n) is 3.12. The Morgan fingerprint density at radius 2 is 1.72 bits per heavy atom. The van der Waals surface area contributed by atoms with Gasteiger partial charge in [0.05, 0.1) is 10.3 Å². The van der Waals surface area contributed by atoms with Gasteiger partial charge in [0.1, 0.15) is 0 Å². The molecule has 0 spiro atoms. The van der Waals surface area contributed by atoms with Crippen LogP contribution in [0, 0.1) is 0 Å². The van der Waals surface area contributed by atoms with Crippen LogP contribution < -0.4 is 0 Å². The van der Waals surface area contributed by atoms with E-state index >= 15 is 0 Å². The van der Waals surface area contributed by atoms with Crippen LogP contribution in [-0.4, -0.2) is 23.6 Å².